The Bertz CT molecular complexity index is 745. The van der Waals surface area contributed by atoms with E-state index >= 15 is 0 Å². The van der Waals surface area contributed by atoms with Gasteiger partial charge in [-0.1, -0.05) is 60.7 Å². The standard InChI is InChI=1S/C22H24N4/c1-3-8-19(9-4-1)21(20-10-5-2-6-11-20)18-25-14-16-26(17-15-25)22-23-12-7-13-24-22/h1-13,21H,14-18H2. The van der Waals surface area contributed by atoms with Crippen molar-refractivity contribution in [3.05, 3.63) is 90.3 Å². The Morgan fingerprint density at radius 1 is 0.692 bits per heavy atom. The van der Waals surface area contributed by atoms with Gasteiger partial charge in [0.2, 0.25) is 5.95 Å². The van der Waals surface area contributed by atoms with Gasteiger partial charge in [-0.3, -0.25) is 4.90 Å². The van der Waals surface area contributed by atoms with Crippen LogP contribution < -0.4 is 4.90 Å². The number of rotatable bonds is 5. The largest absolute Gasteiger partial charge is 0.338 e. The van der Waals surface area contributed by atoms with E-state index in [1.54, 1.807) is 0 Å². The third kappa shape index (κ3) is 3.92. The van der Waals surface area contributed by atoms with Crippen LogP contribution in [-0.4, -0.2) is 47.6 Å². The number of piperazine rings is 1. The fourth-order valence-electron chi connectivity index (χ4n) is 3.62. The van der Waals surface area contributed by atoms with Gasteiger partial charge >= 0.3 is 0 Å². The fraction of sp³-hybridized carbons (Fsp3) is 0.273. The number of nitrogens with zero attached hydrogens (tertiary/aromatic N) is 4. The molecule has 1 aliphatic rings. The molecule has 2 aromatic carbocycles. The SMILES string of the molecule is c1ccc(C(CN2CCN(c3ncccn3)CC2)c2ccccc2)cc1. The van der Waals surface area contributed by atoms with Crippen molar-refractivity contribution in [2.24, 2.45) is 0 Å². The summed E-state index contributed by atoms with van der Waals surface area (Å²) < 4.78 is 0. The number of anilines is 1. The van der Waals surface area contributed by atoms with Crippen molar-refractivity contribution in [1.29, 1.82) is 0 Å². The van der Waals surface area contributed by atoms with E-state index in [0.29, 0.717) is 5.92 Å². The van der Waals surface area contributed by atoms with Gasteiger partial charge in [0.15, 0.2) is 0 Å². The Hall–Kier alpha value is -2.72. The molecule has 0 spiro atoms. The lowest BCUT2D eigenvalue weighted by Crippen LogP contribution is -2.48. The summed E-state index contributed by atoms with van der Waals surface area (Å²) in [6.45, 7) is 5.06. The summed E-state index contributed by atoms with van der Waals surface area (Å²) in [5.41, 5.74) is 2.76. The van der Waals surface area contributed by atoms with Crippen molar-refractivity contribution < 1.29 is 0 Å². The summed E-state index contributed by atoms with van der Waals surface area (Å²) >= 11 is 0. The van der Waals surface area contributed by atoms with Crippen molar-refractivity contribution in [1.82, 2.24) is 14.9 Å². The average Bonchev–Trinajstić information content (AvgIpc) is 2.74. The maximum absolute atomic E-state index is 4.38. The maximum Gasteiger partial charge on any atom is 0.225 e. The van der Waals surface area contributed by atoms with Gasteiger partial charge in [-0.15, -0.1) is 0 Å². The van der Waals surface area contributed by atoms with Crippen LogP contribution in [0.25, 0.3) is 0 Å². The molecule has 4 heteroatoms. The Balaban J connectivity index is 1.46. The molecule has 0 radical (unpaired) electrons. The van der Waals surface area contributed by atoms with Gasteiger partial charge in [0.25, 0.3) is 0 Å². The van der Waals surface area contributed by atoms with E-state index in [9.17, 15) is 0 Å². The second-order valence-electron chi connectivity index (χ2n) is 6.71. The first-order chi connectivity index (χ1) is 12.9. The van der Waals surface area contributed by atoms with Gasteiger partial charge < -0.3 is 4.90 Å². The van der Waals surface area contributed by atoms with Crippen LogP contribution in [0.5, 0.6) is 0 Å². The van der Waals surface area contributed by atoms with Crippen LogP contribution in [0.1, 0.15) is 17.0 Å². The molecule has 2 heterocycles. The van der Waals surface area contributed by atoms with E-state index < -0.39 is 0 Å². The summed E-state index contributed by atoms with van der Waals surface area (Å²) in [6.07, 6.45) is 3.63. The van der Waals surface area contributed by atoms with E-state index in [2.05, 4.69) is 80.4 Å². The van der Waals surface area contributed by atoms with Crippen molar-refractivity contribution in [2.45, 2.75) is 5.92 Å². The second kappa shape index (κ2) is 8.11. The monoisotopic (exact) mass is 344 g/mol. The molecule has 4 nitrogen and oxygen atoms in total. The molecular weight excluding hydrogens is 320 g/mol. The van der Waals surface area contributed by atoms with E-state index in [-0.39, 0.29) is 0 Å². The highest BCUT2D eigenvalue weighted by atomic mass is 15.3. The second-order valence-corrected chi connectivity index (χ2v) is 6.71. The summed E-state index contributed by atoms with van der Waals surface area (Å²) in [4.78, 5) is 13.6. The first kappa shape index (κ1) is 16.7. The summed E-state index contributed by atoms with van der Waals surface area (Å²) in [7, 11) is 0. The lowest BCUT2D eigenvalue weighted by atomic mass is 9.90. The van der Waals surface area contributed by atoms with Gasteiger partial charge in [-0.2, -0.15) is 0 Å². The lowest BCUT2D eigenvalue weighted by Gasteiger charge is -2.36. The maximum atomic E-state index is 4.38. The van der Waals surface area contributed by atoms with Gasteiger partial charge in [0.1, 0.15) is 0 Å². The summed E-state index contributed by atoms with van der Waals surface area (Å²) in [5.74, 6) is 1.24. The third-order valence-electron chi connectivity index (χ3n) is 5.05. The van der Waals surface area contributed by atoms with Gasteiger partial charge in [0, 0.05) is 51.0 Å². The zero-order valence-electron chi connectivity index (χ0n) is 14.9. The highest BCUT2D eigenvalue weighted by Gasteiger charge is 2.23. The molecule has 1 aromatic heterocycles. The van der Waals surface area contributed by atoms with Crippen molar-refractivity contribution in [3.63, 3.8) is 0 Å². The van der Waals surface area contributed by atoms with Crippen LogP contribution in [0.3, 0.4) is 0 Å². The number of hydrogen-bond donors (Lipinski definition) is 0. The van der Waals surface area contributed by atoms with Crippen molar-refractivity contribution >= 4 is 5.95 Å². The minimum atomic E-state index is 0.400. The normalized spacial score (nSPS) is 15.3. The zero-order valence-corrected chi connectivity index (χ0v) is 14.9. The molecule has 26 heavy (non-hydrogen) atoms. The lowest BCUT2D eigenvalue weighted by molar-refractivity contribution is 0.249. The molecule has 0 saturated carbocycles. The number of hydrogen-bond acceptors (Lipinski definition) is 4. The van der Waals surface area contributed by atoms with Crippen LogP contribution in [-0.2, 0) is 0 Å². The van der Waals surface area contributed by atoms with Crippen LogP contribution in [0.4, 0.5) is 5.95 Å². The number of benzene rings is 2. The molecule has 0 bridgehead atoms. The zero-order chi connectivity index (χ0) is 17.6. The summed E-state index contributed by atoms with van der Waals surface area (Å²) in [5, 5.41) is 0. The molecule has 0 N–H and O–H groups in total. The molecule has 4 rings (SSSR count). The Morgan fingerprint density at radius 2 is 1.23 bits per heavy atom. The van der Waals surface area contributed by atoms with E-state index in [1.165, 1.54) is 11.1 Å². The molecule has 0 aliphatic carbocycles. The Kier molecular flexibility index (Phi) is 5.22. The predicted molar refractivity (Wildman–Crippen MR) is 105 cm³/mol. The average molecular weight is 344 g/mol. The quantitative estimate of drug-likeness (QED) is 0.710. The highest BCUT2D eigenvalue weighted by Crippen LogP contribution is 2.26. The Morgan fingerprint density at radius 3 is 1.77 bits per heavy atom. The van der Waals surface area contributed by atoms with Crippen LogP contribution in [0.2, 0.25) is 0 Å². The minimum absolute atomic E-state index is 0.400. The van der Waals surface area contributed by atoms with Crippen LogP contribution in [0.15, 0.2) is 79.1 Å². The first-order valence-electron chi connectivity index (χ1n) is 9.24. The van der Waals surface area contributed by atoms with E-state index in [1.807, 2.05) is 18.5 Å². The molecule has 1 fully saturated rings. The molecular formula is C22H24N4. The van der Waals surface area contributed by atoms with E-state index in [0.717, 1.165) is 38.7 Å². The fourth-order valence-corrected chi connectivity index (χ4v) is 3.62. The van der Waals surface area contributed by atoms with Gasteiger partial charge in [-0.25, -0.2) is 9.97 Å². The molecule has 0 atom stereocenters. The van der Waals surface area contributed by atoms with Crippen LogP contribution >= 0.6 is 0 Å². The molecule has 0 amide bonds. The van der Waals surface area contributed by atoms with Gasteiger partial charge in [-0.05, 0) is 17.2 Å². The molecule has 1 saturated heterocycles. The van der Waals surface area contributed by atoms with Crippen molar-refractivity contribution in [3.8, 4) is 0 Å². The van der Waals surface area contributed by atoms with Gasteiger partial charge in [0.05, 0.1) is 0 Å². The van der Waals surface area contributed by atoms with Crippen LogP contribution in [0, 0.1) is 0 Å². The topological polar surface area (TPSA) is 32.3 Å². The van der Waals surface area contributed by atoms with Crippen molar-refractivity contribution in [2.75, 3.05) is 37.6 Å². The summed E-state index contributed by atoms with van der Waals surface area (Å²) in [6, 6.07) is 23.5. The highest BCUT2D eigenvalue weighted by molar-refractivity contribution is 5.33. The third-order valence-corrected chi connectivity index (χ3v) is 5.05. The molecule has 3 aromatic rings. The Labute approximate surface area is 155 Å². The number of aromatic nitrogens is 2. The molecule has 132 valence electrons. The smallest absolute Gasteiger partial charge is 0.225 e. The molecule has 1 aliphatic heterocycles. The predicted octanol–water partition coefficient (Wildman–Crippen LogP) is 3.43. The first-order valence-corrected chi connectivity index (χ1v) is 9.24. The van der Waals surface area contributed by atoms with E-state index in [4.69, 9.17) is 0 Å². The molecule has 0 unspecified atom stereocenters. The minimum Gasteiger partial charge on any atom is -0.338 e.